The van der Waals surface area contributed by atoms with E-state index in [1.165, 1.54) is 30.5 Å². The first-order chi connectivity index (χ1) is 8.94. The lowest BCUT2D eigenvalue weighted by Gasteiger charge is -2.11. The van der Waals surface area contributed by atoms with E-state index >= 15 is 0 Å². The molecule has 0 radical (unpaired) electrons. The van der Waals surface area contributed by atoms with E-state index in [1.54, 1.807) is 12.3 Å². The van der Waals surface area contributed by atoms with Crippen LogP contribution < -0.4 is 15.8 Å². The van der Waals surface area contributed by atoms with Crippen molar-refractivity contribution in [1.29, 1.82) is 0 Å². The molecule has 4 nitrogen and oxygen atoms in total. The molecule has 0 saturated carbocycles. The number of alkyl halides is 3. The maximum absolute atomic E-state index is 12.0. The highest BCUT2D eigenvalue weighted by atomic mass is 19.4. The number of halogens is 3. The minimum Gasteiger partial charge on any atom is -0.406 e. The maximum Gasteiger partial charge on any atom is 0.573 e. The molecule has 0 amide bonds. The van der Waals surface area contributed by atoms with Crippen molar-refractivity contribution in [2.45, 2.75) is 6.36 Å². The second-order valence-corrected chi connectivity index (χ2v) is 3.66. The van der Waals surface area contributed by atoms with Crippen LogP contribution >= 0.6 is 0 Å². The number of ether oxygens (including phenoxy) is 1. The molecule has 1 aromatic carbocycles. The third kappa shape index (κ3) is 3.77. The predicted octanol–water partition coefficient (Wildman–Crippen LogP) is 3.31. The Bertz CT molecular complexity index is 555. The lowest BCUT2D eigenvalue weighted by atomic mass is 10.2. The van der Waals surface area contributed by atoms with Crippen molar-refractivity contribution in [2.24, 2.45) is 0 Å². The lowest BCUT2D eigenvalue weighted by Crippen LogP contribution is -2.16. The Morgan fingerprint density at radius 3 is 2.37 bits per heavy atom. The van der Waals surface area contributed by atoms with Gasteiger partial charge in [0.1, 0.15) is 5.75 Å². The number of rotatable bonds is 3. The third-order valence-corrected chi connectivity index (χ3v) is 2.22. The van der Waals surface area contributed by atoms with E-state index in [0.717, 1.165) is 0 Å². The van der Waals surface area contributed by atoms with Crippen LogP contribution in [0, 0.1) is 0 Å². The van der Waals surface area contributed by atoms with E-state index < -0.39 is 6.36 Å². The summed E-state index contributed by atoms with van der Waals surface area (Å²) >= 11 is 0. The summed E-state index contributed by atoms with van der Waals surface area (Å²) < 4.78 is 39.7. The second kappa shape index (κ2) is 5.05. The molecule has 100 valence electrons. The van der Waals surface area contributed by atoms with E-state index in [2.05, 4.69) is 15.0 Å². The van der Waals surface area contributed by atoms with Crippen LogP contribution in [0.25, 0.3) is 0 Å². The molecule has 19 heavy (non-hydrogen) atoms. The zero-order valence-corrected chi connectivity index (χ0v) is 9.61. The zero-order chi connectivity index (χ0) is 13.9. The molecule has 0 saturated heterocycles. The summed E-state index contributed by atoms with van der Waals surface area (Å²) in [6.45, 7) is 0. The number of anilines is 3. The smallest absolute Gasteiger partial charge is 0.406 e. The highest BCUT2D eigenvalue weighted by Crippen LogP contribution is 2.26. The van der Waals surface area contributed by atoms with E-state index in [-0.39, 0.29) is 5.75 Å². The fraction of sp³-hybridized carbons (Fsp3) is 0.0833. The van der Waals surface area contributed by atoms with Crippen molar-refractivity contribution in [2.75, 3.05) is 11.1 Å². The molecule has 1 aromatic heterocycles. The molecular weight excluding hydrogens is 259 g/mol. The molecule has 7 heteroatoms. The fourth-order valence-corrected chi connectivity index (χ4v) is 1.42. The Morgan fingerprint density at radius 1 is 1.11 bits per heavy atom. The standard InChI is InChI=1S/C12H10F3N3O/c13-12(14,15)19-9-3-1-8(2-4-9)18-11-5-6-17-7-10(11)16/h1-7H,16H2,(H,17,18). The van der Waals surface area contributed by atoms with Crippen molar-refractivity contribution in [3.63, 3.8) is 0 Å². The van der Waals surface area contributed by atoms with Crippen LogP contribution in [0.15, 0.2) is 42.7 Å². The Morgan fingerprint density at radius 2 is 1.79 bits per heavy atom. The van der Waals surface area contributed by atoms with E-state index in [9.17, 15) is 13.2 Å². The van der Waals surface area contributed by atoms with Gasteiger partial charge in [-0.25, -0.2) is 0 Å². The Hall–Kier alpha value is -2.44. The number of nitrogens with zero attached hydrogens (tertiary/aromatic N) is 1. The highest BCUT2D eigenvalue weighted by Gasteiger charge is 2.30. The lowest BCUT2D eigenvalue weighted by molar-refractivity contribution is -0.274. The topological polar surface area (TPSA) is 60.2 Å². The highest BCUT2D eigenvalue weighted by molar-refractivity contribution is 5.71. The minimum absolute atomic E-state index is 0.277. The van der Waals surface area contributed by atoms with Gasteiger partial charge in [-0.2, -0.15) is 0 Å². The largest absolute Gasteiger partial charge is 0.573 e. The predicted molar refractivity (Wildman–Crippen MR) is 65.1 cm³/mol. The number of nitrogen functional groups attached to an aromatic ring is 1. The second-order valence-electron chi connectivity index (χ2n) is 3.66. The molecule has 0 fully saturated rings. The number of aromatic nitrogens is 1. The van der Waals surface area contributed by atoms with Crippen LogP contribution in [0.5, 0.6) is 5.75 Å². The summed E-state index contributed by atoms with van der Waals surface area (Å²) in [5.41, 5.74) is 7.34. The van der Waals surface area contributed by atoms with Crippen LogP contribution in [0.2, 0.25) is 0 Å². The van der Waals surface area contributed by atoms with Gasteiger partial charge in [0.2, 0.25) is 0 Å². The van der Waals surface area contributed by atoms with Gasteiger partial charge >= 0.3 is 6.36 Å². The van der Waals surface area contributed by atoms with Gasteiger partial charge in [0, 0.05) is 11.9 Å². The van der Waals surface area contributed by atoms with E-state index in [1.807, 2.05) is 0 Å². The van der Waals surface area contributed by atoms with Gasteiger partial charge < -0.3 is 15.8 Å². The SMILES string of the molecule is Nc1cnccc1Nc1ccc(OC(F)(F)F)cc1. The molecule has 2 aromatic rings. The van der Waals surface area contributed by atoms with E-state index in [4.69, 9.17) is 5.73 Å². The van der Waals surface area contributed by atoms with Gasteiger partial charge in [-0.1, -0.05) is 0 Å². The number of hydrogen-bond donors (Lipinski definition) is 2. The molecule has 0 aliphatic rings. The minimum atomic E-state index is -4.69. The van der Waals surface area contributed by atoms with Gasteiger partial charge in [-0.15, -0.1) is 13.2 Å². The van der Waals surface area contributed by atoms with Crippen molar-refractivity contribution in [1.82, 2.24) is 4.98 Å². The van der Waals surface area contributed by atoms with Crippen LogP contribution in [0.1, 0.15) is 0 Å². The monoisotopic (exact) mass is 269 g/mol. The number of nitrogens with one attached hydrogen (secondary N) is 1. The molecular formula is C12H10F3N3O. The third-order valence-electron chi connectivity index (χ3n) is 2.22. The van der Waals surface area contributed by atoms with Crippen molar-refractivity contribution in [3.05, 3.63) is 42.7 Å². The van der Waals surface area contributed by atoms with Gasteiger partial charge in [0.25, 0.3) is 0 Å². The normalized spacial score (nSPS) is 11.1. The molecule has 0 spiro atoms. The molecule has 0 bridgehead atoms. The van der Waals surface area contributed by atoms with Gasteiger partial charge in [-0.05, 0) is 30.3 Å². The Balaban J connectivity index is 2.09. The summed E-state index contributed by atoms with van der Waals surface area (Å²) in [5, 5.41) is 2.96. The fourth-order valence-electron chi connectivity index (χ4n) is 1.42. The summed E-state index contributed by atoms with van der Waals surface area (Å²) in [5.74, 6) is -0.277. The molecule has 3 N–H and O–H groups in total. The molecule has 0 aliphatic heterocycles. The maximum atomic E-state index is 12.0. The van der Waals surface area contributed by atoms with Crippen molar-refractivity contribution in [3.8, 4) is 5.75 Å². The summed E-state index contributed by atoms with van der Waals surface area (Å²) in [6.07, 6.45) is -1.66. The van der Waals surface area contributed by atoms with Gasteiger partial charge in [-0.3, -0.25) is 4.98 Å². The summed E-state index contributed by atoms with van der Waals surface area (Å²) in [7, 11) is 0. The van der Waals surface area contributed by atoms with Gasteiger partial charge in [0.15, 0.2) is 0 Å². The molecule has 0 aliphatic carbocycles. The number of benzene rings is 1. The van der Waals surface area contributed by atoms with Crippen LogP contribution in [-0.4, -0.2) is 11.3 Å². The molecule has 0 atom stereocenters. The number of pyridine rings is 1. The number of hydrogen-bond acceptors (Lipinski definition) is 4. The van der Waals surface area contributed by atoms with E-state index in [0.29, 0.717) is 17.1 Å². The van der Waals surface area contributed by atoms with Gasteiger partial charge in [0.05, 0.1) is 17.6 Å². The van der Waals surface area contributed by atoms with Crippen LogP contribution in [0.4, 0.5) is 30.2 Å². The quantitative estimate of drug-likeness (QED) is 0.897. The van der Waals surface area contributed by atoms with Crippen LogP contribution in [-0.2, 0) is 0 Å². The average Bonchev–Trinajstić information content (AvgIpc) is 2.33. The average molecular weight is 269 g/mol. The Kier molecular flexibility index (Phi) is 3.46. The van der Waals surface area contributed by atoms with Crippen LogP contribution in [0.3, 0.4) is 0 Å². The molecule has 2 rings (SSSR count). The first kappa shape index (κ1) is 13.0. The molecule has 1 heterocycles. The van der Waals surface area contributed by atoms with Crippen molar-refractivity contribution >= 4 is 17.1 Å². The van der Waals surface area contributed by atoms with Crippen molar-refractivity contribution < 1.29 is 17.9 Å². The first-order valence-corrected chi connectivity index (χ1v) is 5.26. The number of nitrogens with two attached hydrogens (primary N) is 1. The summed E-state index contributed by atoms with van der Waals surface area (Å²) in [6, 6.07) is 7.01. The zero-order valence-electron chi connectivity index (χ0n) is 9.61. The summed E-state index contributed by atoms with van der Waals surface area (Å²) in [4.78, 5) is 3.83. The molecule has 0 unspecified atom stereocenters. The Labute approximate surface area is 107 Å². The first-order valence-electron chi connectivity index (χ1n) is 5.26.